The van der Waals surface area contributed by atoms with E-state index >= 15 is 0 Å². The summed E-state index contributed by atoms with van der Waals surface area (Å²) in [5.41, 5.74) is 3.83. The van der Waals surface area contributed by atoms with E-state index in [4.69, 9.17) is 10.5 Å². The van der Waals surface area contributed by atoms with Gasteiger partial charge in [0.25, 0.3) is 0 Å². The molecule has 96 valence electrons. The maximum absolute atomic E-state index is 12.6. The third-order valence-electron chi connectivity index (χ3n) is 2.75. The lowest BCUT2D eigenvalue weighted by Crippen LogP contribution is -2.50. The van der Waals surface area contributed by atoms with Crippen LogP contribution < -0.4 is 10.5 Å². The predicted molar refractivity (Wildman–Crippen MR) is 60.0 cm³/mol. The Hall–Kier alpha value is -1.23. The van der Waals surface area contributed by atoms with Crippen molar-refractivity contribution in [2.75, 3.05) is 7.11 Å². The Morgan fingerprint density at radius 2 is 1.82 bits per heavy atom. The molecule has 1 aromatic carbocycles. The lowest BCUT2D eigenvalue weighted by atomic mass is 9.93. The lowest BCUT2D eigenvalue weighted by molar-refractivity contribution is -0.182. The number of ether oxygens (including phenoxy) is 1. The van der Waals surface area contributed by atoms with Crippen molar-refractivity contribution in [2.45, 2.75) is 31.5 Å². The monoisotopic (exact) mass is 247 g/mol. The maximum atomic E-state index is 12.6. The van der Waals surface area contributed by atoms with Gasteiger partial charge in [-0.2, -0.15) is 13.2 Å². The number of para-hydroxylation sites is 1. The standard InChI is InChI=1S/C12H16F3NO/c1-11(16,12(13,14)15)8-7-9-5-3-4-6-10(9)17-2/h3-6H,7-8,16H2,1-2H3. The number of methoxy groups -OCH3 is 1. The molecule has 2 nitrogen and oxygen atoms in total. The largest absolute Gasteiger partial charge is 0.496 e. The molecule has 1 atom stereocenters. The summed E-state index contributed by atoms with van der Waals surface area (Å²) in [7, 11) is 1.49. The van der Waals surface area contributed by atoms with Crippen LogP contribution in [0.15, 0.2) is 24.3 Å². The minimum absolute atomic E-state index is 0.170. The van der Waals surface area contributed by atoms with Crippen LogP contribution in [0.4, 0.5) is 13.2 Å². The second-order valence-corrected chi connectivity index (χ2v) is 4.23. The number of aryl methyl sites for hydroxylation is 1. The van der Waals surface area contributed by atoms with Crippen molar-refractivity contribution in [1.82, 2.24) is 0 Å². The van der Waals surface area contributed by atoms with E-state index in [9.17, 15) is 13.2 Å². The summed E-state index contributed by atoms with van der Waals surface area (Å²) in [6.07, 6.45) is -4.33. The minimum Gasteiger partial charge on any atom is -0.496 e. The van der Waals surface area contributed by atoms with Gasteiger partial charge in [-0.25, -0.2) is 0 Å². The van der Waals surface area contributed by atoms with Crippen molar-refractivity contribution < 1.29 is 17.9 Å². The molecule has 0 radical (unpaired) electrons. The molecular weight excluding hydrogens is 231 g/mol. The first-order chi connectivity index (χ1) is 7.78. The molecule has 2 N–H and O–H groups in total. The average Bonchev–Trinajstić information content (AvgIpc) is 2.25. The summed E-state index contributed by atoms with van der Waals surface area (Å²) in [5.74, 6) is 0.588. The second-order valence-electron chi connectivity index (χ2n) is 4.23. The van der Waals surface area contributed by atoms with Crippen LogP contribution in [0, 0.1) is 0 Å². The SMILES string of the molecule is COc1ccccc1CCC(C)(N)C(F)(F)F. The summed E-state index contributed by atoms with van der Waals surface area (Å²) in [5, 5.41) is 0. The molecule has 0 aliphatic heterocycles. The number of hydrogen-bond donors (Lipinski definition) is 1. The van der Waals surface area contributed by atoms with Crippen molar-refractivity contribution in [3.05, 3.63) is 29.8 Å². The first kappa shape index (κ1) is 13.8. The van der Waals surface area contributed by atoms with Crippen molar-refractivity contribution in [3.63, 3.8) is 0 Å². The molecule has 0 aromatic heterocycles. The minimum atomic E-state index is -4.39. The first-order valence-corrected chi connectivity index (χ1v) is 5.25. The third-order valence-corrected chi connectivity index (χ3v) is 2.75. The van der Waals surface area contributed by atoms with Crippen LogP contribution in [-0.2, 0) is 6.42 Å². The van der Waals surface area contributed by atoms with Gasteiger partial charge in [0, 0.05) is 0 Å². The van der Waals surface area contributed by atoms with E-state index < -0.39 is 11.7 Å². The van der Waals surface area contributed by atoms with E-state index in [2.05, 4.69) is 0 Å². The topological polar surface area (TPSA) is 35.2 Å². The summed E-state index contributed by atoms with van der Waals surface area (Å²) in [6.45, 7) is 1.00. The fourth-order valence-electron chi connectivity index (χ4n) is 1.45. The van der Waals surface area contributed by atoms with Crippen LogP contribution in [0.25, 0.3) is 0 Å². The Morgan fingerprint density at radius 1 is 1.24 bits per heavy atom. The number of rotatable bonds is 4. The van der Waals surface area contributed by atoms with Gasteiger partial charge in [0.15, 0.2) is 0 Å². The normalized spacial score (nSPS) is 15.4. The van der Waals surface area contributed by atoms with Crippen molar-refractivity contribution in [1.29, 1.82) is 0 Å². The van der Waals surface area contributed by atoms with Crippen LogP contribution in [0.3, 0.4) is 0 Å². The maximum Gasteiger partial charge on any atom is 0.406 e. The highest BCUT2D eigenvalue weighted by molar-refractivity contribution is 5.33. The van der Waals surface area contributed by atoms with Crippen LogP contribution in [-0.4, -0.2) is 18.8 Å². The molecule has 17 heavy (non-hydrogen) atoms. The first-order valence-electron chi connectivity index (χ1n) is 5.25. The Balaban J connectivity index is 2.74. The van der Waals surface area contributed by atoms with Gasteiger partial charge < -0.3 is 10.5 Å². The van der Waals surface area contributed by atoms with Crippen molar-refractivity contribution in [2.24, 2.45) is 5.73 Å². The van der Waals surface area contributed by atoms with Gasteiger partial charge in [-0.3, -0.25) is 0 Å². The molecule has 0 bridgehead atoms. The Kier molecular flexibility index (Phi) is 4.03. The number of hydrogen-bond acceptors (Lipinski definition) is 2. The van der Waals surface area contributed by atoms with Gasteiger partial charge in [-0.05, 0) is 31.4 Å². The zero-order chi connectivity index (χ0) is 13.1. The highest BCUT2D eigenvalue weighted by Crippen LogP contribution is 2.32. The lowest BCUT2D eigenvalue weighted by Gasteiger charge is -2.27. The smallest absolute Gasteiger partial charge is 0.406 e. The van der Waals surface area contributed by atoms with Gasteiger partial charge in [0.1, 0.15) is 11.3 Å². The zero-order valence-electron chi connectivity index (χ0n) is 9.84. The predicted octanol–water partition coefficient (Wildman–Crippen LogP) is 2.91. The van der Waals surface area contributed by atoms with Crippen LogP contribution in [0.2, 0.25) is 0 Å². The van der Waals surface area contributed by atoms with Crippen molar-refractivity contribution in [3.8, 4) is 5.75 Å². The molecule has 1 unspecified atom stereocenters. The highest BCUT2D eigenvalue weighted by atomic mass is 19.4. The Bertz CT molecular complexity index is 374. The van der Waals surface area contributed by atoms with Gasteiger partial charge in [0.05, 0.1) is 7.11 Å². The summed E-state index contributed by atoms with van der Waals surface area (Å²) < 4.78 is 42.8. The molecule has 0 saturated carbocycles. The zero-order valence-corrected chi connectivity index (χ0v) is 9.84. The molecule has 5 heteroatoms. The molecule has 0 fully saturated rings. The quantitative estimate of drug-likeness (QED) is 0.887. The van der Waals surface area contributed by atoms with Crippen LogP contribution in [0.1, 0.15) is 18.9 Å². The van der Waals surface area contributed by atoms with E-state index in [0.29, 0.717) is 5.75 Å². The van der Waals surface area contributed by atoms with E-state index in [1.54, 1.807) is 24.3 Å². The number of nitrogens with two attached hydrogens (primary N) is 1. The highest BCUT2D eigenvalue weighted by Gasteiger charge is 2.47. The summed E-state index contributed by atoms with van der Waals surface area (Å²) in [4.78, 5) is 0. The van der Waals surface area contributed by atoms with E-state index in [-0.39, 0.29) is 12.8 Å². The van der Waals surface area contributed by atoms with Gasteiger partial charge in [-0.15, -0.1) is 0 Å². The van der Waals surface area contributed by atoms with Gasteiger partial charge in [-0.1, -0.05) is 18.2 Å². The summed E-state index contributed by atoms with van der Waals surface area (Å²) >= 11 is 0. The van der Waals surface area contributed by atoms with Crippen molar-refractivity contribution >= 4 is 0 Å². The molecule has 0 aliphatic carbocycles. The van der Waals surface area contributed by atoms with Gasteiger partial charge >= 0.3 is 6.18 Å². The second kappa shape index (κ2) is 4.96. The molecule has 0 saturated heterocycles. The molecule has 1 aromatic rings. The number of benzene rings is 1. The molecule has 0 amide bonds. The van der Waals surface area contributed by atoms with Crippen LogP contribution in [0.5, 0.6) is 5.75 Å². The van der Waals surface area contributed by atoms with E-state index in [1.807, 2.05) is 0 Å². The molecule has 0 spiro atoms. The number of halogens is 3. The molecule has 0 heterocycles. The van der Waals surface area contributed by atoms with E-state index in [0.717, 1.165) is 12.5 Å². The van der Waals surface area contributed by atoms with Crippen LogP contribution >= 0.6 is 0 Å². The Morgan fingerprint density at radius 3 is 2.35 bits per heavy atom. The van der Waals surface area contributed by atoms with E-state index in [1.165, 1.54) is 7.11 Å². The Labute approximate surface area is 98.6 Å². The fraction of sp³-hybridized carbons (Fsp3) is 0.500. The fourth-order valence-corrected chi connectivity index (χ4v) is 1.45. The molecular formula is C12H16F3NO. The molecule has 0 aliphatic rings. The third kappa shape index (κ3) is 3.36. The van der Waals surface area contributed by atoms with Gasteiger partial charge in [0.2, 0.25) is 0 Å². The summed E-state index contributed by atoms with van der Waals surface area (Å²) in [6, 6.07) is 7.00. The number of alkyl halides is 3. The molecule has 1 rings (SSSR count). The average molecular weight is 247 g/mol.